The first-order chi connectivity index (χ1) is 10.5. The predicted octanol–water partition coefficient (Wildman–Crippen LogP) is 3.07. The number of methoxy groups -OCH3 is 1. The lowest BCUT2D eigenvalue weighted by atomic mass is 10.1. The normalized spacial score (nSPS) is 12.0. The average Bonchev–Trinajstić information content (AvgIpc) is 2.94. The van der Waals surface area contributed by atoms with Crippen LogP contribution in [0.4, 0.5) is 0 Å². The largest absolute Gasteiger partial charge is 0.497 e. The zero-order valence-electron chi connectivity index (χ0n) is 13.4. The number of likely N-dealkylation sites (N-methyl/N-ethyl adjacent to an activating group) is 1. The topological polar surface area (TPSA) is 50.4 Å². The first-order valence-electron chi connectivity index (χ1n) is 7.25. The summed E-state index contributed by atoms with van der Waals surface area (Å²) in [7, 11) is 3.54. The van der Waals surface area contributed by atoms with Gasteiger partial charge in [-0.1, -0.05) is 12.1 Å². The maximum Gasteiger partial charge on any atom is 0.261 e. The van der Waals surface area contributed by atoms with Gasteiger partial charge >= 0.3 is 0 Å². The Balaban J connectivity index is 2.14. The number of hydrogen-bond acceptors (Lipinski definition) is 4. The molecule has 0 fully saturated rings. The van der Waals surface area contributed by atoms with E-state index in [0.29, 0.717) is 6.54 Å². The summed E-state index contributed by atoms with van der Waals surface area (Å²) in [5.41, 5.74) is 2.19. The Morgan fingerprint density at radius 3 is 2.59 bits per heavy atom. The van der Waals surface area contributed by atoms with Crippen molar-refractivity contribution in [1.82, 2.24) is 10.6 Å². The summed E-state index contributed by atoms with van der Waals surface area (Å²) in [6.07, 6.45) is 0. The van der Waals surface area contributed by atoms with Crippen molar-refractivity contribution in [1.29, 1.82) is 0 Å². The summed E-state index contributed by atoms with van der Waals surface area (Å²) in [5.74, 6) is 0.811. The van der Waals surface area contributed by atoms with Gasteiger partial charge in [-0.3, -0.25) is 4.79 Å². The molecule has 22 heavy (non-hydrogen) atoms. The van der Waals surface area contributed by atoms with Crippen LogP contribution in [0, 0.1) is 6.92 Å². The van der Waals surface area contributed by atoms with Crippen LogP contribution in [0.1, 0.15) is 21.5 Å². The molecule has 1 aromatic carbocycles. The van der Waals surface area contributed by atoms with Crippen LogP contribution in [0.3, 0.4) is 0 Å². The highest BCUT2D eigenvalue weighted by Crippen LogP contribution is 2.31. The van der Waals surface area contributed by atoms with Gasteiger partial charge in [-0.15, -0.1) is 11.3 Å². The maximum absolute atomic E-state index is 12.2. The summed E-state index contributed by atoms with van der Waals surface area (Å²) in [6, 6.07) is 10.1. The lowest BCUT2D eigenvalue weighted by Crippen LogP contribution is -2.36. The van der Waals surface area contributed by atoms with Crippen LogP contribution in [0.15, 0.2) is 30.3 Å². The molecule has 1 amide bonds. The minimum atomic E-state index is -0.0186. The van der Waals surface area contributed by atoms with Crippen LogP contribution in [-0.2, 0) is 0 Å². The fraction of sp³-hybridized carbons (Fsp3) is 0.353. The minimum absolute atomic E-state index is 0.0186. The Bertz CT molecular complexity index is 635. The molecule has 5 heteroatoms. The van der Waals surface area contributed by atoms with E-state index in [4.69, 9.17) is 4.74 Å². The number of ether oxygens (including phenoxy) is 1. The van der Waals surface area contributed by atoms with E-state index in [0.717, 1.165) is 26.6 Å². The fourth-order valence-electron chi connectivity index (χ4n) is 2.09. The van der Waals surface area contributed by atoms with Gasteiger partial charge in [0.1, 0.15) is 5.75 Å². The molecule has 1 heterocycles. The quantitative estimate of drug-likeness (QED) is 0.860. The second kappa shape index (κ2) is 7.42. The van der Waals surface area contributed by atoms with Crippen molar-refractivity contribution in [2.75, 3.05) is 20.7 Å². The average molecular weight is 318 g/mol. The van der Waals surface area contributed by atoms with E-state index in [-0.39, 0.29) is 11.9 Å². The van der Waals surface area contributed by atoms with Crippen molar-refractivity contribution in [2.45, 2.75) is 19.9 Å². The standard InChI is InChI=1S/C17H22N2O2S/c1-11(18-3)10-19-17(20)16-9-15(12(2)22-16)13-5-7-14(21-4)8-6-13/h5-9,11,18H,10H2,1-4H3,(H,19,20). The number of carbonyl (C=O) groups excluding carboxylic acids is 1. The number of amides is 1. The molecule has 0 spiro atoms. The first-order valence-corrected chi connectivity index (χ1v) is 8.07. The maximum atomic E-state index is 12.2. The molecule has 118 valence electrons. The lowest BCUT2D eigenvalue weighted by molar-refractivity contribution is 0.0954. The van der Waals surface area contributed by atoms with E-state index in [1.54, 1.807) is 7.11 Å². The van der Waals surface area contributed by atoms with Gasteiger partial charge in [0.25, 0.3) is 5.91 Å². The molecule has 1 atom stereocenters. The molecule has 0 aliphatic rings. The van der Waals surface area contributed by atoms with Crippen molar-refractivity contribution in [3.05, 3.63) is 40.1 Å². The Morgan fingerprint density at radius 2 is 2.00 bits per heavy atom. The van der Waals surface area contributed by atoms with Crippen molar-refractivity contribution < 1.29 is 9.53 Å². The van der Waals surface area contributed by atoms with Crippen LogP contribution < -0.4 is 15.4 Å². The van der Waals surface area contributed by atoms with E-state index in [1.807, 2.05) is 51.2 Å². The summed E-state index contributed by atoms with van der Waals surface area (Å²) in [6.45, 7) is 4.68. The third-order valence-electron chi connectivity index (χ3n) is 3.60. The van der Waals surface area contributed by atoms with Crippen molar-refractivity contribution in [2.24, 2.45) is 0 Å². The summed E-state index contributed by atoms with van der Waals surface area (Å²) in [4.78, 5) is 14.1. The highest BCUT2D eigenvalue weighted by Gasteiger charge is 2.14. The summed E-state index contributed by atoms with van der Waals surface area (Å²) >= 11 is 1.52. The number of hydrogen-bond donors (Lipinski definition) is 2. The van der Waals surface area contributed by atoms with Gasteiger partial charge in [0.15, 0.2) is 0 Å². The Morgan fingerprint density at radius 1 is 1.32 bits per heavy atom. The molecular weight excluding hydrogens is 296 g/mol. The van der Waals surface area contributed by atoms with Crippen LogP contribution in [0.25, 0.3) is 11.1 Å². The first kappa shape index (κ1) is 16.5. The molecule has 4 nitrogen and oxygen atoms in total. The molecule has 2 aromatic rings. The molecule has 2 rings (SSSR count). The van der Waals surface area contributed by atoms with Gasteiger partial charge in [0, 0.05) is 17.5 Å². The van der Waals surface area contributed by atoms with Crippen molar-refractivity contribution in [3.63, 3.8) is 0 Å². The molecule has 0 aliphatic heterocycles. The second-order valence-electron chi connectivity index (χ2n) is 5.21. The molecule has 1 aromatic heterocycles. The third kappa shape index (κ3) is 3.87. The number of benzene rings is 1. The van der Waals surface area contributed by atoms with E-state index in [1.165, 1.54) is 11.3 Å². The van der Waals surface area contributed by atoms with Crippen molar-refractivity contribution >= 4 is 17.2 Å². The van der Waals surface area contributed by atoms with Gasteiger partial charge in [-0.05, 0) is 50.2 Å². The van der Waals surface area contributed by atoms with Crippen LogP contribution >= 0.6 is 11.3 Å². The highest BCUT2D eigenvalue weighted by atomic mass is 32.1. The van der Waals surface area contributed by atoms with E-state index >= 15 is 0 Å². The molecule has 0 saturated heterocycles. The van der Waals surface area contributed by atoms with Crippen LogP contribution in [0.5, 0.6) is 5.75 Å². The molecule has 2 N–H and O–H groups in total. The SMILES string of the molecule is CNC(C)CNC(=O)c1cc(-c2ccc(OC)cc2)c(C)s1. The van der Waals surface area contributed by atoms with Crippen LogP contribution in [0.2, 0.25) is 0 Å². The number of thiophene rings is 1. The summed E-state index contributed by atoms with van der Waals surface area (Å²) < 4.78 is 5.18. The highest BCUT2D eigenvalue weighted by molar-refractivity contribution is 7.14. The molecular formula is C17H22N2O2S. The smallest absolute Gasteiger partial charge is 0.261 e. The Labute approximate surface area is 135 Å². The van der Waals surface area contributed by atoms with Gasteiger partial charge in [0.2, 0.25) is 0 Å². The summed E-state index contributed by atoms with van der Waals surface area (Å²) in [5, 5.41) is 6.05. The van der Waals surface area contributed by atoms with Gasteiger partial charge in [-0.2, -0.15) is 0 Å². The van der Waals surface area contributed by atoms with E-state index in [2.05, 4.69) is 10.6 Å². The predicted molar refractivity (Wildman–Crippen MR) is 91.9 cm³/mol. The number of nitrogens with one attached hydrogen (secondary N) is 2. The molecule has 0 saturated carbocycles. The monoisotopic (exact) mass is 318 g/mol. The van der Waals surface area contributed by atoms with Gasteiger partial charge in [-0.25, -0.2) is 0 Å². The molecule has 1 unspecified atom stereocenters. The molecule has 0 bridgehead atoms. The van der Waals surface area contributed by atoms with Gasteiger partial charge < -0.3 is 15.4 Å². The number of carbonyl (C=O) groups is 1. The Hall–Kier alpha value is -1.85. The number of rotatable bonds is 6. The van der Waals surface area contributed by atoms with Crippen molar-refractivity contribution in [3.8, 4) is 16.9 Å². The second-order valence-corrected chi connectivity index (χ2v) is 6.47. The van der Waals surface area contributed by atoms with Gasteiger partial charge in [0.05, 0.1) is 12.0 Å². The fourth-order valence-corrected chi connectivity index (χ4v) is 3.04. The zero-order chi connectivity index (χ0) is 16.1. The van der Waals surface area contributed by atoms with Crippen LogP contribution in [-0.4, -0.2) is 32.7 Å². The lowest BCUT2D eigenvalue weighted by Gasteiger charge is -2.10. The Kier molecular flexibility index (Phi) is 5.57. The number of aryl methyl sites for hydroxylation is 1. The third-order valence-corrected chi connectivity index (χ3v) is 4.65. The zero-order valence-corrected chi connectivity index (χ0v) is 14.2. The molecule has 0 radical (unpaired) electrons. The minimum Gasteiger partial charge on any atom is -0.497 e. The van der Waals surface area contributed by atoms with E-state index < -0.39 is 0 Å². The molecule has 0 aliphatic carbocycles. The van der Waals surface area contributed by atoms with E-state index in [9.17, 15) is 4.79 Å².